The quantitative estimate of drug-likeness (QED) is 0.673. The van der Waals surface area contributed by atoms with E-state index < -0.39 is 0 Å². The Hall–Kier alpha value is -3.22. The average Bonchev–Trinajstić information content (AvgIpc) is 3.11. The zero-order valence-electron chi connectivity index (χ0n) is 12.4. The molecule has 0 aliphatic carbocycles. The minimum absolute atomic E-state index is 0.228. The van der Waals surface area contributed by atoms with Crippen LogP contribution in [0.5, 0.6) is 0 Å². The first kappa shape index (κ1) is 14.7. The first-order valence-electron chi connectivity index (χ1n) is 7.24. The van der Waals surface area contributed by atoms with Crippen LogP contribution in [0.4, 0.5) is 10.5 Å². The number of urea groups is 1. The molecule has 0 aliphatic heterocycles. The van der Waals surface area contributed by atoms with Crippen LogP contribution in [0, 0.1) is 0 Å². The maximum Gasteiger partial charge on any atom is 0.319 e. The van der Waals surface area contributed by atoms with Crippen molar-refractivity contribution in [3.8, 4) is 11.4 Å². The van der Waals surface area contributed by atoms with Gasteiger partial charge in [0.2, 0.25) is 5.82 Å². The monoisotopic (exact) mass is 308 g/mol. The van der Waals surface area contributed by atoms with Crippen LogP contribution < -0.4 is 10.6 Å². The number of amides is 2. The molecule has 7 nitrogen and oxygen atoms in total. The maximum absolute atomic E-state index is 11.9. The standard InChI is InChI=1S/C16H16N6O/c23-16(17-11-10-12-4-2-1-3-5-12)18-14-8-6-13(7-9-14)15-19-21-22-20-15/h1-9H,10-11H2,(H2,17,18,23)(H,19,20,21,22). The second-order valence-corrected chi connectivity index (χ2v) is 4.93. The molecule has 0 unspecified atom stereocenters. The molecule has 0 radical (unpaired) electrons. The molecule has 116 valence electrons. The molecule has 3 N–H and O–H groups in total. The molecule has 1 aromatic heterocycles. The van der Waals surface area contributed by atoms with E-state index in [1.165, 1.54) is 5.56 Å². The number of aromatic amines is 1. The van der Waals surface area contributed by atoms with Crippen molar-refractivity contribution >= 4 is 11.7 Å². The van der Waals surface area contributed by atoms with Crippen LogP contribution in [-0.2, 0) is 6.42 Å². The van der Waals surface area contributed by atoms with Gasteiger partial charge in [0, 0.05) is 17.8 Å². The highest BCUT2D eigenvalue weighted by Gasteiger charge is 2.04. The van der Waals surface area contributed by atoms with E-state index in [2.05, 4.69) is 31.3 Å². The highest BCUT2D eigenvalue weighted by atomic mass is 16.2. The fraction of sp³-hybridized carbons (Fsp3) is 0.125. The van der Waals surface area contributed by atoms with Crippen molar-refractivity contribution in [3.05, 3.63) is 60.2 Å². The largest absolute Gasteiger partial charge is 0.338 e. The minimum Gasteiger partial charge on any atom is -0.338 e. The topological polar surface area (TPSA) is 95.6 Å². The molecule has 1 heterocycles. The number of hydrogen-bond acceptors (Lipinski definition) is 4. The van der Waals surface area contributed by atoms with Crippen LogP contribution in [0.1, 0.15) is 5.56 Å². The Morgan fingerprint density at radius 2 is 1.83 bits per heavy atom. The summed E-state index contributed by atoms with van der Waals surface area (Å²) in [6.07, 6.45) is 0.797. The molecule has 0 saturated carbocycles. The third kappa shape index (κ3) is 4.13. The number of rotatable bonds is 5. The van der Waals surface area contributed by atoms with Gasteiger partial charge in [0.25, 0.3) is 0 Å². The van der Waals surface area contributed by atoms with Gasteiger partial charge in [0.1, 0.15) is 0 Å². The summed E-state index contributed by atoms with van der Waals surface area (Å²) in [7, 11) is 0. The van der Waals surface area contributed by atoms with E-state index in [0.29, 0.717) is 18.1 Å². The molecule has 2 aromatic carbocycles. The van der Waals surface area contributed by atoms with Crippen LogP contribution in [-0.4, -0.2) is 33.2 Å². The van der Waals surface area contributed by atoms with E-state index in [0.717, 1.165) is 12.0 Å². The lowest BCUT2D eigenvalue weighted by Crippen LogP contribution is -2.30. The van der Waals surface area contributed by atoms with Gasteiger partial charge in [-0.2, -0.15) is 5.21 Å². The minimum atomic E-state index is -0.228. The van der Waals surface area contributed by atoms with Crippen LogP contribution in [0.2, 0.25) is 0 Å². The van der Waals surface area contributed by atoms with E-state index in [-0.39, 0.29) is 6.03 Å². The van der Waals surface area contributed by atoms with Crippen molar-refractivity contribution in [1.82, 2.24) is 25.9 Å². The fourth-order valence-corrected chi connectivity index (χ4v) is 2.13. The van der Waals surface area contributed by atoms with Gasteiger partial charge in [-0.05, 0) is 41.5 Å². The zero-order valence-corrected chi connectivity index (χ0v) is 12.4. The number of H-pyrrole nitrogens is 1. The molecule has 0 bridgehead atoms. The molecule has 0 aliphatic rings. The first-order chi connectivity index (χ1) is 11.3. The lowest BCUT2D eigenvalue weighted by molar-refractivity contribution is 0.252. The van der Waals surface area contributed by atoms with E-state index in [1.807, 2.05) is 42.5 Å². The summed E-state index contributed by atoms with van der Waals surface area (Å²) >= 11 is 0. The predicted molar refractivity (Wildman–Crippen MR) is 86.8 cm³/mol. The van der Waals surface area contributed by atoms with Crippen LogP contribution in [0.3, 0.4) is 0 Å². The maximum atomic E-state index is 11.9. The van der Waals surface area contributed by atoms with E-state index in [4.69, 9.17) is 0 Å². The second-order valence-electron chi connectivity index (χ2n) is 4.93. The van der Waals surface area contributed by atoms with Crippen molar-refractivity contribution in [2.24, 2.45) is 0 Å². The van der Waals surface area contributed by atoms with Crippen molar-refractivity contribution in [2.75, 3.05) is 11.9 Å². The summed E-state index contributed by atoms with van der Waals surface area (Å²) in [5, 5.41) is 19.3. The second kappa shape index (κ2) is 7.17. The highest BCUT2D eigenvalue weighted by Crippen LogP contribution is 2.16. The number of carbonyl (C=O) groups excluding carboxylic acids is 1. The smallest absolute Gasteiger partial charge is 0.319 e. The number of tetrazole rings is 1. The molecule has 0 fully saturated rings. The average molecular weight is 308 g/mol. The summed E-state index contributed by atoms with van der Waals surface area (Å²) in [6, 6.07) is 17.0. The Balaban J connectivity index is 1.48. The molecule has 0 saturated heterocycles. The van der Waals surface area contributed by atoms with E-state index in [9.17, 15) is 4.79 Å². The summed E-state index contributed by atoms with van der Waals surface area (Å²) < 4.78 is 0. The number of aromatic nitrogens is 4. The third-order valence-corrected chi connectivity index (χ3v) is 3.29. The van der Waals surface area contributed by atoms with Gasteiger partial charge in [0.05, 0.1) is 0 Å². The van der Waals surface area contributed by atoms with Gasteiger partial charge >= 0.3 is 6.03 Å². The highest BCUT2D eigenvalue weighted by molar-refractivity contribution is 5.89. The predicted octanol–water partition coefficient (Wildman–Crippen LogP) is 2.23. The summed E-state index contributed by atoms with van der Waals surface area (Å²) in [6.45, 7) is 0.580. The van der Waals surface area contributed by atoms with Crippen LogP contribution in [0.15, 0.2) is 54.6 Å². The Morgan fingerprint density at radius 3 is 2.52 bits per heavy atom. The third-order valence-electron chi connectivity index (χ3n) is 3.29. The molecule has 3 aromatic rings. The molecular formula is C16H16N6O. The van der Waals surface area contributed by atoms with Crippen molar-refractivity contribution < 1.29 is 4.79 Å². The van der Waals surface area contributed by atoms with Gasteiger partial charge < -0.3 is 10.6 Å². The number of anilines is 1. The van der Waals surface area contributed by atoms with Gasteiger partial charge in [-0.3, -0.25) is 0 Å². The molecule has 2 amide bonds. The summed E-state index contributed by atoms with van der Waals surface area (Å²) in [5.41, 5.74) is 2.72. The van der Waals surface area contributed by atoms with Gasteiger partial charge in [-0.25, -0.2) is 4.79 Å². The number of benzene rings is 2. The SMILES string of the molecule is O=C(NCCc1ccccc1)Nc1ccc(-c2nn[nH]n2)cc1. The molecule has 7 heteroatoms. The van der Waals surface area contributed by atoms with E-state index >= 15 is 0 Å². The van der Waals surface area contributed by atoms with Gasteiger partial charge in [-0.1, -0.05) is 30.3 Å². The molecular weight excluding hydrogens is 292 g/mol. The Morgan fingerprint density at radius 1 is 1.04 bits per heavy atom. The Labute approximate surface area is 133 Å². The van der Waals surface area contributed by atoms with Crippen molar-refractivity contribution in [3.63, 3.8) is 0 Å². The van der Waals surface area contributed by atoms with Crippen LogP contribution in [0.25, 0.3) is 11.4 Å². The Kier molecular flexibility index (Phi) is 4.58. The van der Waals surface area contributed by atoms with E-state index in [1.54, 1.807) is 12.1 Å². The lowest BCUT2D eigenvalue weighted by atomic mass is 10.1. The molecule has 0 spiro atoms. The molecule has 0 atom stereocenters. The van der Waals surface area contributed by atoms with Crippen molar-refractivity contribution in [1.29, 1.82) is 0 Å². The lowest BCUT2D eigenvalue weighted by Gasteiger charge is -2.08. The van der Waals surface area contributed by atoms with Crippen LogP contribution >= 0.6 is 0 Å². The number of nitrogens with one attached hydrogen (secondary N) is 3. The Bertz CT molecular complexity index is 740. The normalized spacial score (nSPS) is 10.3. The summed E-state index contributed by atoms with van der Waals surface area (Å²) in [5.74, 6) is 0.517. The fourth-order valence-electron chi connectivity index (χ4n) is 2.13. The van der Waals surface area contributed by atoms with Gasteiger partial charge in [-0.15, -0.1) is 10.2 Å². The summed E-state index contributed by atoms with van der Waals surface area (Å²) in [4.78, 5) is 11.9. The van der Waals surface area contributed by atoms with Gasteiger partial charge in [0.15, 0.2) is 0 Å². The number of carbonyl (C=O) groups is 1. The number of hydrogen-bond donors (Lipinski definition) is 3. The first-order valence-corrected chi connectivity index (χ1v) is 7.24. The zero-order chi connectivity index (χ0) is 15.9. The molecule has 23 heavy (non-hydrogen) atoms. The molecule has 3 rings (SSSR count). The number of nitrogens with zero attached hydrogens (tertiary/aromatic N) is 3. The van der Waals surface area contributed by atoms with Crippen molar-refractivity contribution in [2.45, 2.75) is 6.42 Å².